The number of aryl methyl sites for hydroxylation is 1. The van der Waals surface area contributed by atoms with Crippen LogP contribution in [-0.2, 0) is 6.42 Å². The van der Waals surface area contributed by atoms with E-state index in [0.29, 0.717) is 29.4 Å². The van der Waals surface area contributed by atoms with Gasteiger partial charge in [-0.3, -0.25) is 0 Å². The maximum absolute atomic E-state index is 15.0. The number of halogens is 2. The highest BCUT2D eigenvalue weighted by atomic mass is 35.5. The summed E-state index contributed by atoms with van der Waals surface area (Å²) in [6, 6.07) is 10.3. The Balaban J connectivity index is 1.42. The summed E-state index contributed by atoms with van der Waals surface area (Å²) in [5.74, 6) is -0.371. The van der Waals surface area contributed by atoms with Crippen molar-refractivity contribution in [2.75, 3.05) is 5.73 Å². The molecule has 5 rings (SSSR count). The van der Waals surface area contributed by atoms with Gasteiger partial charge in [0.05, 0.1) is 11.1 Å². The summed E-state index contributed by atoms with van der Waals surface area (Å²) < 4.78 is 16.8. The number of nitrogens with two attached hydrogens (primary N) is 1. The zero-order chi connectivity index (χ0) is 21.7. The third kappa shape index (κ3) is 3.35. The summed E-state index contributed by atoms with van der Waals surface area (Å²) >= 11 is 5.97. The first kappa shape index (κ1) is 19.9. The predicted octanol–water partition coefficient (Wildman–Crippen LogP) is 3.79. The molecule has 0 spiro atoms. The molecule has 0 saturated heterocycles. The number of nitrogens with zero attached hydrogens (tertiary/aromatic N) is 3. The number of hydrogen-bond donors (Lipinski definition) is 3. The Kier molecular flexibility index (Phi) is 4.89. The quantitative estimate of drug-likeness (QED) is 0.421. The predicted molar refractivity (Wildman–Crippen MR) is 118 cm³/mol. The SMILES string of the molecule is Nc1nc2c(F)c(CCC3=C[C@@H](n4ccc5cccnc54)[C@H](O)[C@@H]3O)ccc2cc1Cl. The van der Waals surface area contributed by atoms with Gasteiger partial charge in [-0.1, -0.05) is 29.8 Å². The smallest absolute Gasteiger partial charge is 0.152 e. The van der Waals surface area contributed by atoms with E-state index in [1.54, 1.807) is 24.4 Å². The lowest BCUT2D eigenvalue weighted by atomic mass is 10.0. The van der Waals surface area contributed by atoms with Crippen molar-refractivity contribution in [3.8, 4) is 0 Å². The number of aliphatic hydroxyl groups is 2. The number of fused-ring (bicyclic) bond motifs is 2. The van der Waals surface area contributed by atoms with Gasteiger partial charge in [0.15, 0.2) is 5.82 Å². The van der Waals surface area contributed by atoms with Crippen molar-refractivity contribution < 1.29 is 14.6 Å². The van der Waals surface area contributed by atoms with Gasteiger partial charge in [0.2, 0.25) is 0 Å². The topological polar surface area (TPSA) is 97.2 Å². The average molecular weight is 439 g/mol. The second-order valence-electron chi connectivity index (χ2n) is 7.77. The zero-order valence-electron chi connectivity index (χ0n) is 16.4. The molecule has 1 aliphatic rings. The van der Waals surface area contributed by atoms with E-state index in [-0.39, 0.29) is 16.4 Å². The van der Waals surface area contributed by atoms with Crippen LogP contribution in [0.25, 0.3) is 21.9 Å². The number of aromatic nitrogens is 3. The first-order valence-corrected chi connectivity index (χ1v) is 10.3. The van der Waals surface area contributed by atoms with Gasteiger partial charge in [0.1, 0.15) is 29.2 Å². The summed E-state index contributed by atoms with van der Waals surface area (Å²) in [7, 11) is 0. The summed E-state index contributed by atoms with van der Waals surface area (Å²) in [5, 5.41) is 23.1. The molecular formula is C23H20ClFN4O2. The van der Waals surface area contributed by atoms with E-state index in [1.165, 1.54) is 0 Å². The molecule has 4 aromatic rings. The molecule has 1 aromatic carbocycles. The Labute approximate surface area is 182 Å². The fourth-order valence-electron chi connectivity index (χ4n) is 4.23. The van der Waals surface area contributed by atoms with E-state index in [2.05, 4.69) is 9.97 Å². The largest absolute Gasteiger partial charge is 0.388 e. The van der Waals surface area contributed by atoms with Crippen LogP contribution >= 0.6 is 11.6 Å². The molecule has 6 nitrogen and oxygen atoms in total. The van der Waals surface area contributed by atoms with Gasteiger partial charge in [0.25, 0.3) is 0 Å². The Morgan fingerprint density at radius 1 is 1.13 bits per heavy atom. The van der Waals surface area contributed by atoms with Crippen LogP contribution in [0.5, 0.6) is 0 Å². The zero-order valence-corrected chi connectivity index (χ0v) is 17.2. The molecule has 158 valence electrons. The molecule has 0 saturated carbocycles. The van der Waals surface area contributed by atoms with Crippen molar-refractivity contribution in [2.24, 2.45) is 0 Å². The van der Waals surface area contributed by atoms with Gasteiger partial charge in [-0.25, -0.2) is 14.4 Å². The minimum atomic E-state index is -1.03. The average Bonchev–Trinajstić information content (AvgIpc) is 3.31. The molecule has 8 heteroatoms. The number of benzene rings is 1. The van der Waals surface area contributed by atoms with Gasteiger partial charge < -0.3 is 20.5 Å². The molecule has 0 unspecified atom stereocenters. The molecule has 0 aliphatic heterocycles. The van der Waals surface area contributed by atoms with Crippen LogP contribution in [-0.4, -0.2) is 37.0 Å². The minimum absolute atomic E-state index is 0.0812. The Hall–Kier alpha value is -3.00. The standard InChI is InChI=1S/C23H20ClFN4O2/c24-16-10-14-5-3-12(18(25)19(14)28-22(16)26)4-6-15-11-17(21(31)20(15)30)29-9-7-13-2-1-8-27-23(13)29/h1-3,5,7-11,17,20-21,30-31H,4,6H2,(H2,26,28)/t17-,20-,21+/m1/s1. The molecule has 1 aliphatic carbocycles. The van der Waals surface area contributed by atoms with E-state index in [0.717, 1.165) is 11.0 Å². The van der Waals surface area contributed by atoms with Gasteiger partial charge in [0, 0.05) is 23.2 Å². The summed E-state index contributed by atoms with van der Waals surface area (Å²) in [6.45, 7) is 0. The number of pyridine rings is 2. The third-order valence-electron chi connectivity index (χ3n) is 5.91. The minimum Gasteiger partial charge on any atom is -0.388 e. The van der Waals surface area contributed by atoms with Crippen LogP contribution in [0.3, 0.4) is 0 Å². The second kappa shape index (κ2) is 7.60. The van der Waals surface area contributed by atoms with Crippen molar-refractivity contribution in [3.63, 3.8) is 0 Å². The van der Waals surface area contributed by atoms with Crippen LogP contribution < -0.4 is 5.73 Å². The third-order valence-corrected chi connectivity index (χ3v) is 6.21. The molecule has 0 radical (unpaired) electrons. The number of anilines is 1. The molecule has 3 heterocycles. The molecule has 3 aromatic heterocycles. The van der Waals surface area contributed by atoms with Crippen LogP contribution in [0.2, 0.25) is 5.02 Å². The second-order valence-corrected chi connectivity index (χ2v) is 8.18. The van der Waals surface area contributed by atoms with Crippen LogP contribution in [0.15, 0.2) is 60.4 Å². The summed E-state index contributed by atoms with van der Waals surface area (Å²) in [6.07, 6.45) is 4.10. The molecule has 0 fully saturated rings. The molecule has 3 atom stereocenters. The highest BCUT2D eigenvalue weighted by molar-refractivity contribution is 6.33. The molecule has 31 heavy (non-hydrogen) atoms. The Morgan fingerprint density at radius 3 is 2.81 bits per heavy atom. The van der Waals surface area contributed by atoms with Gasteiger partial charge in [-0.15, -0.1) is 0 Å². The van der Waals surface area contributed by atoms with Crippen molar-refractivity contribution in [2.45, 2.75) is 31.1 Å². The number of nitrogen functional groups attached to an aromatic ring is 1. The van der Waals surface area contributed by atoms with Gasteiger partial charge >= 0.3 is 0 Å². The number of hydrogen-bond acceptors (Lipinski definition) is 5. The molecule has 4 N–H and O–H groups in total. The van der Waals surface area contributed by atoms with E-state index < -0.39 is 24.1 Å². The molecular weight excluding hydrogens is 419 g/mol. The first-order valence-electron chi connectivity index (χ1n) is 9.95. The summed E-state index contributed by atoms with van der Waals surface area (Å²) in [4.78, 5) is 8.46. The lowest BCUT2D eigenvalue weighted by Crippen LogP contribution is -2.29. The van der Waals surface area contributed by atoms with Crippen molar-refractivity contribution >= 4 is 39.4 Å². The fourth-order valence-corrected chi connectivity index (χ4v) is 4.39. The monoisotopic (exact) mass is 438 g/mol. The normalized spacial score (nSPS) is 21.2. The van der Waals surface area contributed by atoms with Crippen molar-refractivity contribution in [1.82, 2.24) is 14.5 Å². The van der Waals surface area contributed by atoms with E-state index in [1.807, 2.05) is 35.0 Å². The van der Waals surface area contributed by atoms with Crippen LogP contribution in [0.4, 0.5) is 10.2 Å². The van der Waals surface area contributed by atoms with Gasteiger partial charge in [-0.2, -0.15) is 0 Å². The van der Waals surface area contributed by atoms with Crippen molar-refractivity contribution in [1.29, 1.82) is 0 Å². The van der Waals surface area contributed by atoms with Crippen molar-refractivity contribution in [3.05, 3.63) is 76.8 Å². The fraction of sp³-hybridized carbons (Fsp3) is 0.217. The lowest BCUT2D eigenvalue weighted by molar-refractivity contribution is 0.0317. The molecule has 0 bridgehead atoms. The van der Waals surface area contributed by atoms with E-state index in [4.69, 9.17) is 17.3 Å². The maximum atomic E-state index is 15.0. The molecule has 0 amide bonds. The van der Waals surface area contributed by atoms with Crippen LogP contribution in [0, 0.1) is 5.82 Å². The Morgan fingerprint density at radius 2 is 1.97 bits per heavy atom. The van der Waals surface area contributed by atoms with Crippen LogP contribution in [0.1, 0.15) is 18.0 Å². The van der Waals surface area contributed by atoms with E-state index in [9.17, 15) is 14.6 Å². The maximum Gasteiger partial charge on any atom is 0.152 e. The lowest BCUT2D eigenvalue weighted by Gasteiger charge is -2.19. The highest BCUT2D eigenvalue weighted by Gasteiger charge is 2.36. The Bertz CT molecular complexity index is 1340. The highest BCUT2D eigenvalue weighted by Crippen LogP contribution is 2.34. The van der Waals surface area contributed by atoms with Gasteiger partial charge in [-0.05, 0) is 48.2 Å². The summed E-state index contributed by atoms with van der Waals surface area (Å²) in [5.41, 5.74) is 7.76. The number of aliphatic hydroxyl groups excluding tert-OH is 2. The first-order chi connectivity index (χ1) is 14.9. The van der Waals surface area contributed by atoms with E-state index >= 15 is 0 Å². The number of rotatable bonds is 4.